The van der Waals surface area contributed by atoms with E-state index in [1.807, 2.05) is 30.8 Å². The van der Waals surface area contributed by atoms with Crippen LogP contribution in [0.5, 0.6) is 0 Å². The molecule has 0 atom stereocenters. The molecule has 0 saturated heterocycles. The van der Waals surface area contributed by atoms with Crippen LogP contribution < -0.4 is 5.32 Å². The van der Waals surface area contributed by atoms with Crippen molar-refractivity contribution in [2.75, 3.05) is 0 Å². The molecule has 0 spiro atoms. The standard InChI is InChI=1S/C19H25N3O2/c1-14-13-22(2)17(21-14)12-20-19(18(23)24)10-8-16(9-11-19)15-6-4-3-5-7-15/h3-7,13,16,20H,8-12H2,1-2H3,(H,23,24). The number of imidazole rings is 1. The van der Waals surface area contributed by atoms with Crippen LogP contribution in [0.25, 0.3) is 0 Å². The SMILES string of the molecule is Cc1cn(C)c(CNC2(C(=O)O)CCC(c3ccccc3)CC2)n1. The minimum Gasteiger partial charge on any atom is -0.480 e. The van der Waals surface area contributed by atoms with Crippen LogP contribution in [0.1, 0.15) is 48.7 Å². The van der Waals surface area contributed by atoms with Crippen LogP contribution in [0, 0.1) is 6.92 Å². The predicted octanol–water partition coefficient (Wildman–Crippen LogP) is 3.00. The molecule has 24 heavy (non-hydrogen) atoms. The second kappa shape index (κ2) is 6.77. The number of carbonyl (C=O) groups is 1. The fraction of sp³-hybridized carbons (Fsp3) is 0.474. The third kappa shape index (κ3) is 3.36. The van der Waals surface area contributed by atoms with Crippen molar-refractivity contribution in [3.8, 4) is 0 Å². The van der Waals surface area contributed by atoms with E-state index in [-0.39, 0.29) is 0 Å². The van der Waals surface area contributed by atoms with Crippen LogP contribution in [0.3, 0.4) is 0 Å². The van der Waals surface area contributed by atoms with Crippen molar-refractivity contribution in [3.63, 3.8) is 0 Å². The molecule has 3 rings (SSSR count). The summed E-state index contributed by atoms with van der Waals surface area (Å²) in [6.07, 6.45) is 5.03. The molecule has 2 aromatic rings. The molecule has 1 saturated carbocycles. The summed E-state index contributed by atoms with van der Waals surface area (Å²) in [5.74, 6) is 0.578. The first-order valence-corrected chi connectivity index (χ1v) is 8.52. The number of hydrogen-bond acceptors (Lipinski definition) is 3. The van der Waals surface area contributed by atoms with Gasteiger partial charge in [-0.1, -0.05) is 30.3 Å². The Morgan fingerprint density at radius 1 is 1.33 bits per heavy atom. The largest absolute Gasteiger partial charge is 0.480 e. The van der Waals surface area contributed by atoms with Gasteiger partial charge in [-0.05, 0) is 44.1 Å². The first kappa shape index (κ1) is 16.7. The minimum atomic E-state index is -0.842. The van der Waals surface area contributed by atoms with Crippen LogP contribution in [0.4, 0.5) is 0 Å². The normalized spacial score (nSPS) is 24.0. The fourth-order valence-corrected chi connectivity index (χ4v) is 3.71. The Hall–Kier alpha value is -2.14. The molecule has 0 aliphatic heterocycles. The number of benzene rings is 1. The van der Waals surface area contributed by atoms with E-state index < -0.39 is 11.5 Å². The molecule has 1 aromatic carbocycles. The molecule has 0 unspecified atom stereocenters. The molecule has 1 heterocycles. The van der Waals surface area contributed by atoms with Crippen molar-refractivity contribution < 1.29 is 9.90 Å². The lowest BCUT2D eigenvalue weighted by Gasteiger charge is -2.37. The topological polar surface area (TPSA) is 67.2 Å². The van der Waals surface area contributed by atoms with Crippen LogP contribution >= 0.6 is 0 Å². The molecular weight excluding hydrogens is 302 g/mol. The smallest absolute Gasteiger partial charge is 0.323 e. The Kier molecular flexibility index (Phi) is 4.71. The monoisotopic (exact) mass is 327 g/mol. The molecular formula is C19H25N3O2. The molecule has 128 valence electrons. The summed E-state index contributed by atoms with van der Waals surface area (Å²) < 4.78 is 1.95. The summed E-state index contributed by atoms with van der Waals surface area (Å²) in [6, 6.07) is 10.4. The van der Waals surface area contributed by atoms with Crippen LogP contribution in [0.2, 0.25) is 0 Å². The number of rotatable bonds is 5. The van der Waals surface area contributed by atoms with Crippen LogP contribution in [-0.2, 0) is 18.4 Å². The quantitative estimate of drug-likeness (QED) is 0.886. The molecule has 1 aliphatic rings. The van der Waals surface area contributed by atoms with Gasteiger partial charge in [0.15, 0.2) is 0 Å². The lowest BCUT2D eigenvalue weighted by atomic mass is 9.74. The maximum atomic E-state index is 11.9. The number of carboxylic acid groups (broad SMARTS) is 1. The maximum absolute atomic E-state index is 11.9. The number of hydrogen-bond donors (Lipinski definition) is 2. The Morgan fingerprint density at radius 2 is 2.00 bits per heavy atom. The molecule has 1 aliphatic carbocycles. The lowest BCUT2D eigenvalue weighted by molar-refractivity contribution is -0.146. The number of aliphatic carboxylic acids is 1. The molecule has 1 fully saturated rings. The number of aromatic nitrogens is 2. The highest BCUT2D eigenvalue weighted by atomic mass is 16.4. The van der Waals surface area contributed by atoms with Crippen molar-refractivity contribution in [1.82, 2.24) is 14.9 Å². The third-order valence-electron chi connectivity index (χ3n) is 5.20. The molecule has 1 aromatic heterocycles. The summed E-state index contributed by atoms with van der Waals surface area (Å²) in [5.41, 5.74) is 1.42. The maximum Gasteiger partial charge on any atom is 0.323 e. The zero-order valence-electron chi connectivity index (χ0n) is 14.3. The zero-order chi connectivity index (χ0) is 17.2. The van der Waals surface area contributed by atoms with Crippen molar-refractivity contribution in [1.29, 1.82) is 0 Å². The van der Waals surface area contributed by atoms with E-state index in [0.29, 0.717) is 25.3 Å². The van der Waals surface area contributed by atoms with Gasteiger partial charge in [-0.2, -0.15) is 0 Å². The first-order valence-electron chi connectivity index (χ1n) is 8.52. The van der Waals surface area contributed by atoms with Crippen molar-refractivity contribution in [2.24, 2.45) is 7.05 Å². The zero-order valence-corrected chi connectivity index (χ0v) is 14.3. The van der Waals surface area contributed by atoms with Crippen LogP contribution in [-0.4, -0.2) is 26.2 Å². The average molecular weight is 327 g/mol. The molecule has 0 amide bonds. The second-order valence-corrected chi connectivity index (χ2v) is 6.84. The highest BCUT2D eigenvalue weighted by Gasteiger charge is 2.42. The Labute approximate surface area is 142 Å². The van der Waals surface area contributed by atoms with E-state index in [1.165, 1.54) is 5.56 Å². The summed E-state index contributed by atoms with van der Waals surface area (Å²) in [7, 11) is 1.94. The highest BCUT2D eigenvalue weighted by molar-refractivity contribution is 5.79. The molecule has 5 heteroatoms. The van der Waals surface area contributed by atoms with Gasteiger partial charge in [0.05, 0.1) is 12.2 Å². The minimum absolute atomic E-state index is 0.455. The van der Waals surface area contributed by atoms with E-state index >= 15 is 0 Å². The Bertz CT molecular complexity index is 701. The summed E-state index contributed by atoms with van der Waals surface area (Å²) >= 11 is 0. The van der Waals surface area contributed by atoms with Gasteiger partial charge in [0.2, 0.25) is 0 Å². The van der Waals surface area contributed by atoms with Gasteiger partial charge < -0.3 is 9.67 Å². The van der Waals surface area contributed by atoms with Gasteiger partial charge in [0, 0.05) is 13.2 Å². The van der Waals surface area contributed by atoms with E-state index in [1.54, 1.807) is 0 Å². The van der Waals surface area contributed by atoms with Gasteiger partial charge in [0.25, 0.3) is 0 Å². The van der Waals surface area contributed by atoms with Gasteiger partial charge in [-0.3, -0.25) is 10.1 Å². The predicted molar refractivity (Wildman–Crippen MR) is 92.8 cm³/mol. The van der Waals surface area contributed by atoms with E-state index in [2.05, 4.69) is 34.6 Å². The Balaban J connectivity index is 1.67. The van der Waals surface area contributed by atoms with Crippen molar-refractivity contribution >= 4 is 5.97 Å². The van der Waals surface area contributed by atoms with Gasteiger partial charge in [-0.25, -0.2) is 4.98 Å². The third-order valence-corrected chi connectivity index (χ3v) is 5.20. The number of carboxylic acids is 1. The highest BCUT2D eigenvalue weighted by Crippen LogP contribution is 2.38. The lowest BCUT2D eigenvalue weighted by Crippen LogP contribution is -2.53. The fourth-order valence-electron chi connectivity index (χ4n) is 3.71. The first-order chi connectivity index (χ1) is 11.5. The summed E-state index contributed by atoms with van der Waals surface area (Å²) in [5, 5.41) is 13.1. The second-order valence-electron chi connectivity index (χ2n) is 6.84. The molecule has 0 radical (unpaired) electrons. The molecule has 5 nitrogen and oxygen atoms in total. The average Bonchev–Trinajstić information content (AvgIpc) is 2.91. The van der Waals surface area contributed by atoms with Gasteiger partial charge in [0.1, 0.15) is 11.4 Å². The molecule has 2 N–H and O–H groups in total. The summed E-state index contributed by atoms with van der Waals surface area (Å²) in [4.78, 5) is 16.4. The van der Waals surface area contributed by atoms with Crippen LogP contribution in [0.15, 0.2) is 36.5 Å². The van der Waals surface area contributed by atoms with Gasteiger partial charge in [-0.15, -0.1) is 0 Å². The van der Waals surface area contributed by atoms with E-state index in [9.17, 15) is 9.90 Å². The van der Waals surface area contributed by atoms with Crippen molar-refractivity contribution in [3.05, 3.63) is 53.6 Å². The Morgan fingerprint density at radius 3 is 2.54 bits per heavy atom. The molecule has 0 bridgehead atoms. The van der Waals surface area contributed by atoms with E-state index in [0.717, 1.165) is 24.4 Å². The number of aryl methyl sites for hydroxylation is 2. The number of nitrogens with one attached hydrogen (secondary N) is 1. The number of nitrogens with zero attached hydrogens (tertiary/aromatic N) is 2. The van der Waals surface area contributed by atoms with E-state index in [4.69, 9.17) is 0 Å². The summed E-state index contributed by atoms with van der Waals surface area (Å²) in [6.45, 7) is 2.42. The van der Waals surface area contributed by atoms with Gasteiger partial charge >= 0.3 is 5.97 Å². The van der Waals surface area contributed by atoms with Crippen molar-refractivity contribution in [2.45, 2.75) is 50.6 Å².